The minimum Gasteiger partial charge on any atom is -0.480 e. The molecule has 8 heteroatoms. The van der Waals surface area contributed by atoms with Gasteiger partial charge in [0.1, 0.15) is 6.04 Å². The summed E-state index contributed by atoms with van der Waals surface area (Å²) >= 11 is 0. The first-order valence-corrected chi connectivity index (χ1v) is 6.64. The lowest BCUT2D eigenvalue weighted by molar-refractivity contribution is -0.142. The fraction of sp³-hybridized carbons (Fsp3) is 0.357. The number of rotatable bonds is 8. The average Bonchev–Trinajstić information content (AvgIpc) is 2.50. The molecule has 0 aliphatic heterocycles. The number of carbonyl (C=O) groups is 3. The van der Waals surface area contributed by atoms with Gasteiger partial charge in [-0.15, -0.1) is 0 Å². The van der Waals surface area contributed by atoms with E-state index in [1.807, 2.05) is 30.3 Å². The predicted molar refractivity (Wildman–Crippen MR) is 77.8 cm³/mol. The maximum Gasteiger partial charge on any atom is 0.328 e. The Balaban J connectivity index is 2.38. The highest BCUT2D eigenvalue weighted by Gasteiger charge is 2.20. The van der Waals surface area contributed by atoms with Crippen LogP contribution in [0.15, 0.2) is 30.3 Å². The molecule has 0 spiro atoms. The first kappa shape index (κ1) is 17.6. The molecule has 0 heterocycles. The number of carbonyl (C=O) groups excluding carboxylic acids is 2. The lowest BCUT2D eigenvalue weighted by Gasteiger charge is -2.14. The Morgan fingerprint density at radius 2 is 1.82 bits per heavy atom. The Kier molecular flexibility index (Phi) is 7.00. The van der Waals surface area contributed by atoms with Gasteiger partial charge < -0.3 is 26.6 Å². The van der Waals surface area contributed by atoms with Crippen LogP contribution in [0.1, 0.15) is 5.56 Å². The van der Waals surface area contributed by atoms with E-state index in [9.17, 15) is 14.4 Å². The number of benzene rings is 1. The molecule has 0 bridgehead atoms. The number of aliphatic carboxylic acids is 1. The molecule has 2 atom stereocenters. The Bertz CT molecular complexity index is 520. The van der Waals surface area contributed by atoms with Crippen LogP contribution < -0.4 is 16.4 Å². The van der Waals surface area contributed by atoms with Crippen LogP contribution >= 0.6 is 0 Å². The van der Waals surface area contributed by atoms with Crippen molar-refractivity contribution < 1.29 is 24.6 Å². The van der Waals surface area contributed by atoms with Crippen molar-refractivity contribution in [3.05, 3.63) is 35.9 Å². The smallest absolute Gasteiger partial charge is 0.328 e. The number of nitrogens with one attached hydrogen (secondary N) is 2. The highest BCUT2D eigenvalue weighted by Crippen LogP contribution is 2.01. The summed E-state index contributed by atoms with van der Waals surface area (Å²) < 4.78 is 0. The van der Waals surface area contributed by atoms with Crippen molar-refractivity contribution in [2.45, 2.75) is 18.5 Å². The third-order valence-corrected chi connectivity index (χ3v) is 2.87. The zero-order valence-corrected chi connectivity index (χ0v) is 11.9. The molecule has 6 N–H and O–H groups in total. The summed E-state index contributed by atoms with van der Waals surface area (Å²) in [4.78, 5) is 33.9. The highest BCUT2D eigenvalue weighted by molar-refractivity contribution is 5.89. The monoisotopic (exact) mass is 309 g/mol. The van der Waals surface area contributed by atoms with Gasteiger partial charge in [0.05, 0.1) is 19.2 Å². The van der Waals surface area contributed by atoms with E-state index >= 15 is 0 Å². The van der Waals surface area contributed by atoms with Gasteiger partial charge in [0, 0.05) is 0 Å². The number of carboxylic acid groups (broad SMARTS) is 1. The minimum absolute atomic E-state index is 0.322. The molecule has 2 amide bonds. The number of carboxylic acids is 1. The van der Waals surface area contributed by atoms with Gasteiger partial charge in [0.15, 0.2) is 0 Å². The number of aliphatic hydroxyl groups excluding tert-OH is 1. The summed E-state index contributed by atoms with van der Waals surface area (Å²) in [6.45, 7) is -1.15. The van der Waals surface area contributed by atoms with Gasteiger partial charge in [-0.2, -0.15) is 0 Å². The number of hydrogen-bond acceptors (Lipinski definition) is 5. The topological polar surface area (TPSA) is 142 Å². The standard InChI is InChI=1S/C14H19N3O5/c15-10(6-9-4-2-1-3-5-9)13(20)16-7-12(19)17-11(8-18)14(21)22/h1-5,10-11,18H,6-8,15H2,(H,16,20)(H,17,19)(H,21,22)/t10-,11-/m0/s1. The number of amides is 2. The molecule has 0 aliphatic carbocycles. The van der Waals surface area contributed by atoms with Gasteiger partial charge in [0.2, 0.25) is 11.8 Å². The molecule has 0 saturated carbocycles. The van der Waals surface area contributed by atoms with Crippen LogP contribution in [0.2, 0.25) is 0 Å². The van der Waals surface area contributed by atoms with Crippen LogP contribution in [0.25, 0.3) is 0 Å². The summed E-state index contributed by atoms with van der Waals surface area (Å²) in [6.07, 6.45) is 0.322. The summed E-state index contributed by atoms with van der Waals surface area (Å²) in [6, 6.07) is 6.95. The SMILES string of the molecule is N[C@@H](Cc1ccccc1)C(=O)NCC(=O)N[C@@H](CO)C(=O)O. The first-order valence-electron chi connectivity index (χ1n) is 6.64. The van der Waals surface area contributed by atoms with E-state index in [1.54, 1.807) is 0 Å². The number of aliphatic hydroxyl groups is 1. The molecular formula is C14H19N3O5. The highest BCUT2D eigenvalue weighted by atomic mass is 16.4. The predicted octanol–water partition coefficient (Wildman–Crippen LogP) is -1.77. The molecule has 8 nitrogen and oxygen atoms in total. The van der Waals surface area contributed by atoms with Crippen LogP contribution in [0.4, 0.5) is 0 Å². The lowest BCUT2D eigenvalue weighted by atomic mass is 10.1. The molecule has 0 unspecified atom stereocenters. The third-order valence-electron chi connectivity index (χ3n) is 2.87. The summed E-state index contributed by atoms with van der Waals surface area (Å²) in [5.41, 5.74) is 6.62. The molecule has 0 aromatic heterocycles. The zero-order valence-electron chi connectivity index (χ0n) is 11.9. The fourth-order valence-corrected chi connectivity index (χ4v) is 1.69. The van der Waals surface area contributed by atoms with Gasteiger partial charge in [-0.1, -0.05) is 30.3 Å². The van der Waals surface area contributed by atoms with Gasteiger partial charge in [0.25, 0.3) is 0 Å². The lowest BCUT2D eigenvalue weighted by Crippen LogP contribution is -2.50. The fourth-order valence-electron chi connectivity index (χ4n) is 1.69. The molecule has 0 aliphatic rings. The number of hydrogen-bond donors (Lipinski definition) is 5. The van der Waals surface area contributed by atoms with Crippen molar-refractivity contribution in [2.75, 3.05) is 13.2 Å². The van der Waals surface area contributed by atoms with Crippen LogP contribution in [0.5, 0.6) is 0 Å². The maximum absolute atomic E-state index is 11.8. The Hall–Kier alpha value is -2.45. The largest absolute Gasteiger partial charge is 0.480 e. The van der Waals surface area contributed by atoms with Gasteiger partial charge in [-0.3, -0.25) is 9.59 Å². The normalized spacial score (nSPS) is 13.0. The van der Waals surface area contributed by atoms with Crippen molar-refractivity contribution in [2.24, 2.45) is 5.73 Å². The van der Waals surface area contributed by atoms with Crippen molar-refractivity contribution >= 4 is 17.8 Å². The van der Waals surface area contributed by atoms with Crippen LogP contribution in [-0.4, -0.2) is 53.2 Å². The third kappa shape index (κ3) is 5.90. The molecule has 120 valence electrons. The Morgan fingerprint density at radius 1 is 1.18 bits per heavy atom. The molecule has 22 heavy (non-hydrogen) atoms. The Labute approximate surface area is 127 Å². The quantitative estimate of drug-likeness (QED) is 0.385. The molecule has 0 radical (unpaired) electrons. The van der Waals surface area contributed by atoms with E-state index in [2.05, 4.69) is 10.6 Å². The average molecular weight is 309 g/mol. The van der Waals surface area contributed by atoms with Crippen LogP contribution in [0, 0.1) is 0 Å². The Morgan fingerprint density at radius 3 is 2.36 bits per heavy atom. The van der Waals surface area contributed by atoms with Gasteiger partial charge in [-0.25, -0.2) is 4.79 Å². The second-order valence-electron chi connectivity index (χ2n) is 4.65. The van der Waals surface area contributed by atoms with Crippen molar-refractivity contribution in [3.63, 3.8) is 0 Å². The number of nitrogens with two attached hydrogens (primary N) is 1. The molecule has 1 rings (SSSR count). The molecule has 0 saturated heterocycles. The maximum atomic E-state index is 11.8. The second kappa shape index (κ2) is 8.75. The summed E-state index contributed by atoms with van der Waals surface area (Å²) in [5.74, 6) is -2.60. The van der Waals surface area contributed by atoms with E-state index in [0.29, 0.717) is 6.42 Å². The molecule has 1 aromatic rings. The summed E-state index contributed by atoms with van der Waals surface area (Å²) in [7, 11) is 0. The van der Waals surface area contributed by atoms with Crippen molar-refractivity contribution in [1.82, 2.24) is 10.6 Å². The first-order chi connectivity index (χ1) is 10.4. The molecule has 0 fully saturated rings. The zero-order chi connectivity index (χ0) is 16.5. The van der Waals surface area contributed by atoms with E-state index in [4.69, 9.17) is 15.9 Å². The van der Waals surface area contributed by atoms with Crippen molar-refractivity contribution in [3.8, 4) is 0 Å². The molecular weight excluding hydrogens is 290 g/mol. The van der Waals surface area contributed by atoms with Gasteiger partial charge >= 0.3 is 5.97 Å². The minimum atomic E-state index is -1.40. The van der Waals surface area contributed by atoms with E-state index in [1.165, 1.54) is 0 Å². The second-order valence-corrected chi connectivity index (χ2v) is 4.65. The van der Waals surface area contributed by atoms with Crippen molar-refractivity contribution in [1.29, 1.82) is 0 Å². The van der Waals surface area contributed by atoms with E-state index < -0.39 is 43.0 Å². The van der Waals surface area contributed by atoms with Crippen LogP contribution in [0.3, 0.4) is 0 Å². The van der Waals surface area contributed by atoms with Crippen LogP contribution in [-0.2, 0) is 20.8 Å². The van der Waals surface area contributed by atoms with E-state index in [-0.39, 0.29) is 0 Å². The van der Waals surface area contributed by atoms with E-state index in [0.717, 1.165) is 5.56 Å². The van der Waals surface area contributed by atoms with Gasteiger partial charge in [-0.05, 0) is 12.0 Å². The molecule has 1 aromatic carbocycles. The summed E-state index contributed by atoms with van der Waals surface area (Å²) in [5, 5.41) is 21.8.